The lowest BCUT2D eigenvalue weighted by Crippen LogP contribution is -2.31. The van der Waals surface area contributed by atoms with Crippen LogP contribution in [0.3, 0.4) is 0 Å². The Morgan fingerprint density at radius 3 is 2.79 bits per heavy atom. The molecule has 1 aliphatic rings. The summed E-state index contributed by atoms with van der Waals surface area (Å²) in [5, 5.41) is 8.22. The van der Waals surface area contributed by atoms with Gasteiger partial charge in [-0.15, -0.1) is 0 Å². The molecule has 152 valence electrons. The topological polar surface area (TPSA) is 72.4 Å². The Bertz CT molecular complexity index is 1040. The monoisotopic (exact) mass is 417 g/mol. The summed E-state index contributed by atoms with van der Waals surface area (Å²) in [7, 11) is 0. The van der Waals surface area contributed by atoms with Crippen molar-refractivity contribution in [3.63, 3.8) is 0 Å². The third-order valence-corrected chi connectivity index (χ3v) is 5.57. The smallest absolute Gasteiger partial charge is 0.260 e. The Hall–Kier alpha value is -2.67. The molecule has 1 atom stereocenters. The molecule has 8 heteroatoms. The molecule has 0 N–H and O–H groups in total. The fraction of sp³-hybridized carbons (Fsp3) is 0.381. The van der Waals surface area contributed by atoms with Gasteiger partial charge in [-0.25, -0.2) is 4.39 Å². The minimum Gasteiger partial charge on any atom is -0.360 e. The van der Waals surface area contributed by atoms with E-state index in [9.17, 15) is 9.18 Å². The number of hydrogen-bond donors (Lipinski definition) is 0. The van der Waals surface area contributed by atoms with Gasteiger partial charge in [-0.05, 0) is 37.8 Å². The highest BCUT2D eigenvalue weighted by molar-refractivity contribution is 6.33. The molecule has 4 rings (SSSR count). The summed E-state index contributed by atoms with van der Waals surface area (Å²) in [5.41, 5.74) is 1.24. The van der Waals surface area contributed by atoms with Gasteiger partial charge < -0.3 is 13.9 Å². The molecule has 0 radical (unpaired) electrons. The average molecular weight is 418 g/mol. The Balaban J connectivity index is 1.72. The predicted octanol–water partition coefficient (Wildman–Crippen LogP) is 5.53. The number of nitrogens with zero attached hydrogens (tertiary/aromatic N) is 3. The first-order valence-corrected chi connectivity index (χ1v) is 9.94. The molecule has 0 saturated carbocycles. The zero-order chi connectivity index (χ0) is 20.7. The maximum atomic E-state index is 14.5. The van der Waals surface area contributed by atoms with Gasteiger partial charge in [-0.1, -0.05) is 41.8 Å². The number of carbonyl (C=O) groups is 1. The van der Waals surface area contributed by atoms with E-state index in [1.165, 1.54) is 12.1 Å². The number of amides is 1. The summed E-state index contributed by atoms with van der Waals surface area (Å²) in [5.74, 6) is 0.348. The second-order valence-corrected chi connectivity index (χ2v) is 7.93. The fourth-order valence-electron chi connectivity index (χ4n) is 3.70. The van der Waals surface area contributed by atoms with Gasteiger partial charge in [0.05, 0.1) is 22.3 Å². The first-order chi connectivity index (χ1) is 13.9. The van der Waals surface area contributed by atoms with Crippen molar-refractivity contribution >= 4 is 17.5 Å². The van der Waals surface area contributed by atoms with Crippen LogP contribution in [0.2, 0.25) is 5.02 Å². The number of aromatic nitrogens is 2. The van der Waals surface area contributed by atoms with E-state index in [4.69, 9.17) is 20.6 Å². The highest BCUT2D eigenvalue weighted by Crippen LogP contribution is 2.38. The van der Waals surface area contributed by atoms with Gasteiger partial charge in [0.15, 0.2) is 5.76 Å². The van der Waals surface area contributed by atoms with Crippen LogP contribution in [-0.2, 0) is 0 Å². The molecule has 2 aromatic heterocycles. The predicted molar refractivity (Wildman–Crippen MR) is 105 cm³/mol. The minimum absolute atomic E-state index is 0.0619. The van der Waals surface area contributed by atoms with Crippen molar-refractivity contribution in [2.45, 2.75) is 45.6 Å². The lowest BCUT2D eigenvalue weighted by Gasteiger charge is -2.22. The molecule has 0 bridgehead atoms. The van der Waals surface area contributed by atoms with Crippen LogP contribution in [0.25, 0.3) is 11.3 Å². The van der Waals surface area contributed by atoms with Gasteiger partial charge in [0.1, 0.15) is 22.8 Å². The number of likely N-dealkylation sites (tertiary alicyclic amines) is 1. The number of carbonyl (C=O) groups excluding carboxylic acids is 1. The highest BCUT2D eigenvalue weighted by Gasteiger charge is 2.37. The van der Waals surface area contributed by atoms with Crippen LogP contribution in [0.4, 0.5) is 4.39 Å². The first-order valence-electron chi connectivity index (χ1n) is 9.56. The molecule has 0 aliphatic carbocycles. The van der Waals surface area contributed by atoms with Gasteiger partial charge in [0, 0.05) is 12.6 Å². The molecular weight excluding hydrogens is 397 g/mol. The molecule has 1 aromatic carbocycles. The molecule has 1 saturated heterocycles. The van der Waals surface area contributed by atoms with E-state index in [2.05, 4.69) is 10.3 Å². The average Bonchev–Trinajstić information content (AvgIpc) is 3.40. The van der Waals surface area contributed by atoms with Crippen molar-refractivity contribution in [1.82, 2.24) is 15.2 Å². The standard InChI is InChI=1S/C21H21ClFN3O3/c1-11(2)15-10-17(29-24-15)16-8-5-9-26(16)21(27)18-12(3)28-25-20(18)19-13(22)6-4-7-14(19)23/h4,6-7,10-11,16H,5,8-9H2,1-3H3/t16-/m0/s1. The first kappa shape index (κ1) is 19.6. The van der Waals surface area contributed by atoms with Crippen LogP contribution >= 0.6 is 11.6 Å². The number of hydrogen-bond acceptors (Lipinski definition) is 5. The molecule has 0 spiro atoms. The maximum Gasteiger partial charge on any atom is 0.260 e. The van der Waals surface area contributed by atoms with E-state index in [1.54, 1.807) is 17.9 Å². The lowest BCUT2D eigenvalue weighted by atomic mass is 10.0. The van der Waals surface area contributed by atoms with Crippen molar-refractivity contribution in [3.05, 3.63) is 57.9 Å². The molecular formula is C21H21ClFN3O3. The second-order valence-electron chi connectivity index (χ2n) is 7.52. The van der Waals surface area contributed by atoms with Crippen LogP contribution < -0.4 is 0 Å². The van der Waals surface area contributed by atoms with E-state index < -0.39 is 5.82 Å². The molecule has 6 nitrogen and oxygen atoms in total. The van der Waals surface area contributed by atoms with Crippen LogP contribution in [0.5, 0.6) is 0 Å². The molecule has 29 heavy (non-hydrogen) atoms. The number of rotatable bonds is 4. The number of benzene rings is 1. The van der Waals surface area contributed by atoms with Crippen LogP contribution in [0, 0.1) is 12.7 Å². The van der Waals surface area contributed by atoms with Crippen molar-refractivity contribution in [1.29, 1.82) is 0 Å². The summed E-state index contributed by atoms with van der Waals surface area (Å²) in [4.78, 5) is 15.2. The van der Waals surface area contributed by atoms with E-state index in [0.29, 0.717) is 18.1 Å². The molecule has 1 fully saturated rings. The van der Waals surface area contributed by atoms with Crippen molar-refractivity contribution in [2.24, 2.45) is 0 Å². The largest absolute Gasteiger partial charge is 0.360 e. The van der Waals surface area contributed by atoms with Gasteiger partial charge in [0.2, 0.25) is 0 Å². The molecule has 1 aliphatic heterocycles. The van der Waals surface area contributed by atoms with Crippen molar-refractivity contribution < 1.29 is 18.2 Å². The Kier molecular flexibility index (Phi) is 5.17. The number of aryl methyl sites for hydroxylation is 1. The van der Waals surface area contributed by atoms with Crippen LogP contribution in [0.15, 0.2) is 33.3 Å². The van der Waals surface area contributed by atoms with Crippen LogP contribution in [0.1, 0.15) is 66.2 Å². The van der Waals surface area contributed by atoms with E-state index in [1.807, 2.05) is 19.9 Å². The van der Waals surface area contributed by atoms with Gasteiger partial charge in [-0.3, -0.25) is 4.79 Å². The second kappa shape index (κ2) is 7.63. The normalized spacial score (nSPS) is 16.8. The molecule has 3 heterocycles. The summed E-state index contributed by atoms with van der Waals surface area (Å²) < 4.78 is 25.3. The van der Waals surface area contributed by atoms with Gasteiger partial charge in [0.25, 0.3) is 5.91 Å². The van der Waals surface area contributed by atoms with Crippen molar-refractivity contribution in [3.8, 4) is 11.3 Å². The van der Waals surface area contributed by atoms with Gasteiger partial charge in [-0.2, -0.15) is 0 Å². The maximum absolute atomic E-state index is 14.5. The zero-order valence-electron chi connectivity index (χ0n) is 16.4. The molecule has 0 unspecified atom stereocenters. The molecule has 3 aromatic rings. The SMILES string of the molecule is Cc1onc(-c2c(F)cccc2Cl)c1C(=O)N1CCC[C@H]1c1cc(C(C)C)no1. The Labute approximate surface area is 172 Å². The summed E-state index contributed by atoms with van der Waals surface area (Å²) in [6.45, 7) is 6.25. The zero-order valence-corrected chi connectivity index (χ0v) is 17.2. The number of halogens is 2. The summed E-state index contributed by atoms with van der Waals surface area (Å²) >= 11 is 6.20. The van der Waals surface area contributed by atoms with E-state index in [-0.39, 0.29) is 39.7 Å². The van der Waals surface area contributed by atoms with E-state index in [0.717, 1.165) is 18.5 Å². The minimum atomic E-state index is -0.561. The Morgan fingerprint density at radius 2 is 2.10 bits per heavy atom. The third-order valence-electron chi connectivity index (χ3n) is 5.26. The summed E-state index contributed by atoms with van der Waals surface area (Å²) in [6, 6.07) is 6.00. The quantitative estimate of drug-likeness (QED) is 0.558. The Morgan fingerprint density at radius 1 is 1.31 bits per heavy atom. The lowest BCUT2D eigenvalue weighted by molar-refractivity contribution is 0.0713. The van der Waals surface area contributed by atoms with E-state index >= 15 is 0 Å². The highest BCUT2D eigenvalue weighted by atomic mass is 35.5. The van der Waals surface area contributed by atoms with Gasteiger partial charge >= 0.3 is 0 Å². The van der Waals surface area contributed by atoms with Crippen LogP contribution in [-0.4, -0.2) is 27.7 Å². The fourth-order valence-corrected chi connectivity index (χ4v) is 3.95. The third kappa shape index (κ3) is 3.44. The summed E-state index contributed by atoms with van der Waals surface area (Å²) in [6.07, 6.45) is 1.59. The van der Waals surface area contributed by atoms with Crippen molar-refractivity contribution in [2.75, 3.05) is 6.54 Å². The molecule has 1 amide bonds.